The van der Waals surface area contributed by atoms with E-state index in [0.29, 0.717) is 11.1 Å². The zero-order valence-corrected chi connectivity index (χ0v) is 12.7. The molecule has 0 atom stereocenters. The summed E-state index contributed by atoms with van der Waals surface area (Å²) in [4.78, 5) is 22.1. The topological polar surface area (TPSA) is 61.8 Å². The zero-order valence-electron chi connectivity index (χ0n) is 11.7. The molecule has 1 fully saturated rings. The Labute approximate surface area is 121 Å². The summed E-state index contributed by atoms with van der Waals surface area (Å²) in [6.45, 7) is 1.01. The molecule has 0 spiro atoms. The van der Waals surface area contributed by atoms with E-state index >= 15 is 0 Å². The van der Waals surface area contributed by atoms with E-state index in [9.17, 15) is 9.59 Å². The fourth-order valence-corrected chi connectivity index (χ4v) is 2.32. The number of esters is 2. The van der Waals surface area contributed by atoms with Gasteiger partial charge in [-0.15, -0.1) is 0 Å². The minimum atomic E-state index is -0.429. The molecule has 0 bridgehead atoms. The monoisotopic (exact) mass is 294 g/mol. The van der Waals surface area contributed by atoms with Crippen LogP contribution >= 0.6 is 0 Å². The highest BCUT2D eigenvalue weighted by molar-refractivity contribution is 6.27. The Morgan fingerprint density at radius 2 is 1.50 bits per heavy atom. The smallest absolute Gasteiger partial charge is 0.337 e. The fraction of sp³-hybridized carbons (Fsp3) is 0.429. The lowest BCUT2D eigenvalue weighted by atomic mass is 10.1. The van der Waals surface area contributed by atoms with Gasteiger partial charge in [-0.05, 0) is 36.7 Å². The quantitative estimate of drug-likeness (QED) is 0.617. The van der Waals surface area contributed by atoms with E-state index in [2.05, 4.69) is 9.47 Å². The van der Waals surface area contributed by atoms with Crippen molar-refractivity contribution in [3.8, 4) is 0 Å². The van der Waals surface area contributed by atoms with Gasteiger partial charge in [-0.2, -0.15) is 0 Å². The molecule has 1 aromatic carbocycles. The van der Waals surface area contributed by atoms with E-state index < -0.39 is 11.9 Å². The number of methoxy groups -OCH3 is 2. The maximum atomic E-state index is 11.0. The Hall–Kier alpha value is -1.66. The van der Waals surface area contributed by atoms with Crippen molar-refractivity contribution in [1.29, 1.82) is 0 Å². The van der Waals surface area contributed by atoms with Gasteiger partial charge in [0.15, 0.2) is 0 Å². The van der Waals surface area contributed by atoms with Crippen LogP contribution in [-0.2, 0) is 13.9 Å². The van der Waals surface area contributed by atoms with Gasteiger partial charge in [-0.1, -0.05) is 6.42 Å². The molecule has 1 aliphatic heterocycles. The second-order valence-electron chi connectivity index (χ2n) is 4.01. The summed E-state index contributed by atoms with van der Waals surface area (Å²) in [5, 5.41) is 0. The summed E-state index contributed by atoms with van der Waals surface area (Å²) in [5.74, 6) is -0.858. The highest BCUT2D eigenvalue weighted by Gasteiger charge is 2.08. The van der Waals surface area contributed by atoms with Crippen molar-refractivity contribution in [2.75, 3.05) is 20.8 Å². The molecule has 20 heavy (non-hydrogen) atoms. The lowest BCUT2D eigenvalue weighted by molar-refractivity contribution is 0.0586. The van der Waals surface area contributed by atoms with Crippen molar-refractivity contribution < 1.29 is 23.5 Å². The van der Waals surface area contributed by atoms with Crippen LogP contribution in [0.5, 0.6) is 0 Å². The van der Waals surface area contributed by atoms with E-state index in [1.165, 1.54) is 57.4 Å². The first-order valence-electron chi connectivity index (χ1n) is 6.30. The Morgan fingerprint density at radius 1 is 1.00 bits per heavy atom. The Bertz CT molecular complexity index is 379. The lowest BCUT2D eigenvalue weighted by Gasteiger charge is -2.06. The number of ether oxygens (including phenoxy) is 2. The van der Waals surface area contributed by atoms with Crippen LogP contribution in [0, 0.1) is 0 Å². The third-order valence-corrected chi connectivity index (χ3v) is 3.57. The van der Waals surface area contributed by atoms with Crippen molar-refractivity contribution in [2.24, 2.45) is 0 Å². The Balaban J connectivity index is 0.000000276. The molecule has 5 nitrogen and oxygen atoms in total. The van der Waals surface area contributed by atoms with Crippen molar-refractivity contribution in [3.05, 3.63) is 35.4 Å². The number of hydrogen-bond donors (Lipinski definition) is 0. The van der Waals surface area contributed by atoms with Crippen molar-refractivity contribution >= 4 is 21.7 Å². The standard InChI is InChI=1S/C10H10O4.C4H8OSi/c1-13-9(11)7-3-5-8(6-4-7)10(12)14-2;1-2-4-6-5-3-1/h3-6H,1-2H3;1-4H2. The molecule has 1 aromatic rings. The van der Waals surface area contributed by atoms with E-state index in [1.54, 1.807) is 0 Å². The lowest BCUT2D eigenvalue weighted by Crippen LogP contribution is -2.06. The number of hydrogen-bond acceptors (Lipinski definition) is 5. The molecule has 1 saturated heterocycles. The number of benzene rings is 1. The van der Waals surface area contributed by atoms with Gasteiger partial charge in [0.2, 0.25) is 9.76 Å². The molecular weight excluding hydrogens is 276 g/mol. The average molecular weight is 294 g/mol. The van der Waals surface area contributed by atoms with Gasteiger partial charge in [0, 0.05) is 6.61 Å². The predicted octanol–water partition coefficient (Wildman–Crippen LogP) is 2.09. The minimum Gasteiger partial charge on any atom is -0.465 e. The number of carbonyl (C=O) groups excluding carboxylic acids is 2. The van der Waals surface area contributed by atoms with Crippen LogP contribution in [0.3, 0.4) is 0 Å². The summed E-state index contributed by atoms with van der Waals surface area (Å²) in [6.07, 6.45) is 2.67. The molecule has 0 unspecified atom stereocenters. The second kappa shape index (κ2) is 9.27. The fourth-order valence-electron chi connectivity index (χ4n) is 1.49. The first-order chi connectivity index (χ1) is 9.69. The normalized spacial score (nSPS) is 13.7. The first-order valence-corrected chi connectivity index (χ1v) is 7.42. The summed E-state index contributed by atoms with van der Waals surface area (Å²) < 4.78 is 14.1. The van der Waals surface area contributed by atoms with Crippen molar-refractivity contribution in [1.82, 2.24) is 0 Å². The molecule has 0 amide bonds. The van der Waals surface area contributed by atoms with Crippen molar-refractivity contribution in [2.45, 2.75) is 18.9 Å². The van der Waals surface area contributed by atoms with E-state index in [1.807, 2.05) is 0 Å². The zero-order chi connectivity index (χ0) is 14.8. The SMILES string of the molecule is C1CC[Si]OC1.COC(=O)c1ccc(C(=O)OC)cc1. The number of carbonyl (C=O) groups is 2. The summed E-state index contributed by atoms with van der Waals surface area (Å²) in [5.41, 5.74) is 0.806. The highest BCUT2D eigenvalue weighted by atomic mass is 28.2. The van der Waals surface area contributed by atoms with Crippen LogP contribution in [0.25, 0.3) is 0 Å². The molecule has 2 radical (unpaired) electrons. The van der Waals surface area contributed by atoms with E-state index in [0.717, 1.165) is 16.4 Å². The highest BCUT2D eigenvalue weighted by Crippen LogP contribution is 2.06. The van der Waals surface area contributed by atoms with Gasteiger partial charge >= 0.3 is 11.9 Å². The van der Waals surface area contributed by atoms with Crippen LogP contribution in [0.15, 0.2) is 24.3 Å². The van der Waals surface area contributed by atoms with Gasteiger partial charge in [-0.3, -0.25) is 0 Å². The van der Waals surface area contributed by atoms with Crippen molar-refractivity contribution in [3.63, 3.8) is 0 Å². The minimum absolute atomic E-state index is 0.403. The third-order valence-electron chi connectivity index (χ3n) is 2.60. The largest absolute Gasteiger partial charge is 0.465 e. The van der Waals surface area contributed by atoms with Gasteiger partial charge in [0.1, 0.15) is 0 Å². The molecule has 0 N–H and O–H groups in total. The Kier molecular flexibility index (Phi) is 7.60. The van der Waals surface area contributed by atoms with Gasteiger partial charge in [0.05, 0.1) is 25.3 Å². The van der Waals surface area contributed by atoms with Crippen LogP contribution in [-0.4, -0.2) is 42.5 Å². The Morgan fingerprint density at radius 3 is 1.70 bits per heavy atom. The van der Waals surface area contributed by atoms with Crippen LogP contribution in [0.1, 0.15) is 33.6 Å². The summed E-state index contributed by atoms with van der Waals surface area (Å²) >= 11 is 0. The maximum absolute atomic E-state index is 11.0. The molecule has 1 heterocycles. The molecule has 1 aliphatic rings. The number of rotatable bonds is 2. The van der Waals surface area contributed by atoms with E-state index in [-0.39, 0.29) is 0 Å². The summed E-state index contributed by atoms with van der Waals surface area (Å²) in [7, 11) is 3.41. The van der Waals surface area contributed by atoms with Gasteiger partial charge < -0.3 is 13.9 Å². The van der Waals surface area contributed by atoms with Crippen LogP contribution in [0.4, 0.5) is 0 Å². The first kappa shape index (κ1) is 16.4. The predicted molar refractivity (Wildman–Crippen MR) is 74.9 cm³/mol. The third kappa shape index (κ3) is 5.54. The average Bonchev–Trinajstić information content (AvgIpc) is 2.55. The molecule has 6 heteroatoms. The molecule has 0 aromatic heterocycles. The van der Waals surface area contributed by atoms with Gasteiger partial charge in [-0.25, -0.2) is 9.59 Å². The molecular formula is C14H18O5Si. The van der Waals surface area contributed by atoms with Crippen LogP contribution in [0.2, 0.25) is 6.04 Å². The van der Waals surface area contributed by atoms with Gasteiger partial charge in [0.25, 0.3) is 0 Å². The molecule has 0 aliphatic carbocycles. The maximum Gasteiger partial charge on any atom is 0.337 e. The van der Waals surface area contributed by atoms with Crippen LogP contribution < -0.4 is 0 Å². The second-order valence-corrected chi connectivity index (χ2v) is 5.09. The molecule has 2 rings (SSSR count). The molecule has 108 valence electrons. The molecule has 0 saturated carbocycles. The van der Waals surface area contributed by atoms with E-state index in [4.69, 9.17) is 4.43 Å². The summed E-state index contributed by atoms with van der Waals surface area (Å²) in [6, 6.07) is 7.35.